The summed E-state index contributed by atoms with van der Waals surface area (Å²) >= 11 is 0. The third-order valence-corrected chi connectivity index (χ3v) is 7.04. The minimum Gasteiger partial charge on any atom is -0.212 e. The van der Waals surface area contributed by atoms with Crippen LogP contribution in [-0.4, -0.2) is 35.2 Å². The molecule has 0 spiro atoms. The van der Waals surface area contributed by atoms with Crippen LogP contribution in [0.3, 0.4) is 0 Å². The molecule has 1 fully saturated rings. The van der Waals surface area contributed by atoms with Crippen molar-refractivity contribution in [1.82, 2.24) is 9.44 Å². The van der Waals surface area contributed by atoms with Crippen LogP contribution in [0.1, 0.15) is 36.8 Å². The summed E-state index contributed by atoms with van der Waals surface area (Å²) in [6.45, 7) is 3.47. The second-order valence-electron chi connectivity index (χ2n) is 6.08. The van der Waals surface area contributed by atoms with E-state index in [4.69, 9.17) is 0 Å². The molecule has 1 aliphatic carbocycles. The number of hydrogen-bond donors (Lipinski definition) is 2. The third-order valence-electron chi connectivity index (χ3n) is 3.98. The number of nitrogens with one attached hydrogen (secondary N) is 2. The number of rotatable bonds is 7. The second kappa shape index (κ2) is 7.29. The summed E-state index contributed by atoms with van der Waals surface area (Å²) in [4.78, 5) is 0.184. The van der Waals surface area contributed by atoms with Gasteiger partial charge in [-0.25, -0.2) is 26.3 Å². The SMILES string of the molecule is Cc1ccc(S(=O)(=O)NCCS(=O)(=O)NC2CCCC2)c(C)c1. The number of benzene rings is 1. The highest BCUT2D eigenvalue weighted by Crippen LogP contribution is 2.18. The van der Waals surface area contributed by atoms with Crippen molar-refractivity contribution < 1.29 is 16.8 Å². The Morgan fingerprint density at radius 3 is 2.35 bits per heavy atom. The normalized spacial score (nSPS) is 16.8. The molecule has 130 valence electrons. The molecule has 2 rings (SSSR count). The first kappa shape index (κ1) is 18.4. The van der Waals surface area contributed by atoms with E-state index in [1.807, 2.05) is 6.92 Å². The van der Waals surface area contributed by atoms with Crippen LogP contribution in [-0.2, 0) is 20.0 Å². The molecule has 1 aliphatic rings. The van der Waals surface area contributed by atoms with Crippen molar-refractivity contribution in [3.05, 3.63) is 29.3 Å². The summed E-state index contributed by atoms with van der Waals surface area (Å²) in [6.07, 6.45) is 3.78. The molecule has 0 amide bonds. The van der Waals surface area contributed by atoms with Gasteiger partial charge in [0.05, 0.1) is 10.6 Å². The van der Waals surface area contributed by atoms with E-state index in [1.54, 1.807) is 19.1 Å². The van der Waals surface area contributed by atoms with Crippen molar-refractivity contribution >= 4 is 20.0 Å². The van der Waals surface area contributed by atoms with Crippen LogP contribution in [0.2, 0.25) is 0 Å². The van der Waals surface area contributed by atoms with Crippen LogP contribution in [0.15, 0.2) is 23.1 Å². The molecule has 0 aromatic heterocycles. The van der Waals surface area contributed by atoms with Gasteiger partial charge in [0.15, 0.2) is 0 Å². The lowest BCUT2D eigenvalue weighted by Crippen LogP contribution is -2.38. The van der Waals surface area contributed by atoms with Crippen molar-refractivity contribution in [2.75, 3.05) is 12.3 Å². The Morgan fingerprint density at radius 1 is 1.09 bits per heavy atom. The van der Waals surface area contributed by atoms with Crippen LogP contribution in [0.4, 0.5) is 0 Å². The standard InChI is InChI=1S/C15H24N2O4S2/c1-12-7-8-15(13(2)11-12)23(20,21)16-9-10-22(18,19)17-14-5-3-4-6-14/h7-8,11,14,16-17H,3-6,9-10H2,1-2H3. The van der Waals surface area contributed by atoms with E-state index in [0.29, 0.717) is 5.56 Å². The van der Waals surface area contributed by atoms with E-state index in [2.05, 4.69) is 9.44 Å². The molecule has 1 aromatic rings. The van der Waals surface area contributed by atoms with Crippen molar-refractivity contribution in [2.24, 2.45) is 0 Å². The van der Waals surface area contributed by atoms with Crippen molar-refractivity contribution in [2.45, 2.75) is 50.5 Å². The summed E-state index contributed by atoms with van der Waals surface area (Å²) in [5.74, 6) is -0.256. The molecule has 0 bridgehead atoms. The Kier molecular flexibility index (Phi) is 5.83. The molecule has 6 nitrogen and oxygen atoms in total. The molecule has 0 heterocycles. The van der Waals surface area contributed by atoms with E-state index < -0.39 is 20.0 Å². The maximum Gasteiger partial charge on any atom is 0.240 e. The smallest absolute Gasteiger partial charge is 0.212 e. The zero-order chi connectivity index (χ0) is 17.1. The predicted octanol–water partition coefficient (Wildman–Crippen LogP) is 1.44. The fourth-order valence-corrected chi connectivity index (χ4v) is 5.46. The maximum absolute atomic E-state index is 12.3. The predicted molar refractivity (Wildman–Crippen MR) is 90.3 cm³/mol. The largest absolute Gasteiger partial charge is 0.240 e. The molecule has 2 N–H and O–H groups in total. The highest BCUT2D eigenvalue weighted by molar-refractivity contribution is 7.90. The monoisotopic (exact) mass is 360 g/mol. The number of sulfonamides is 2. The lowest BCUT2D eigenvalue weighted by Gasteiger charge is -2.13. The average Bonchev–Trinajstić information content (AvgIpc) is 2.89. The lowest BCUT2D eigenvalue weighted by atomic mass is 10.2. The zero-order valence-electron chi connectivity index (χ0n) is 13.5. The zero-order valence-corrected chi connectivity index (χ0v) is 15.1. The van der Waals surface area contributed by atoms with Gasteiger partial charge in [0.2, 0.25) is 20.0 Å². The van der Waals surface area contributed by atoms with Crippen LogP contribution in [0, 0.1) is 13.8 Å². The van der Waals surface area contributed by atoms with E-state index in [0.717, 1.165) is 31.2 Å². The van der Waals surface area contributed by atoms with Crippen LogP contribution in [0.5, 0.6) is 0 Å². The first-order valence-electron chi connectivity index (χ1n) is 7.76. The Balaban J connectivity index is 1.94. The van der Waals surface area contributed by atoms with E-state index in [-0.39, 0.29) is 23.2 Å². The molecule has 1 aromatic carbocycles. The first-order chi connectivity index (χ1) is 10.7. The number of aryl methyl sites for hydroxylation is 2. The van der Waals surface area contributed by atoms with E-state index in [9.17, 15) is 16.8 Å². The van der Waals surface area contributed by atoms with Crippen molar-refractivity contribution in [3.8, 4) is 0 Å². The average molecular weight is 361 g/mol. The molecule has 8 heteroatoms. The second-order valence-corrected chi connectivity index (χ2v) is 9.69. The molecule has 0 saturated heterocycles. The Labute approximate surface area is 138 Å². The van der Waals surface area contributed by atoms with Gasteiger partial charge >= 0.3 is 0 Å². The molecule has 23 heavy (non-hydrogen) atoms. The van der Waals surface area contributed by atoms with Crippen LogP contribution >= 0.6 is 0 Å². The highest BCUT2D eigenvalue weighted by atomic mass is 32.2. The van der Waals surface area contributed by atoms with Gasteiger partial charge in [-0.15, -0.1) is 0 Å². The Bertz CT molecular complexity index is 752. The quantitative estimate of drug-likeness (QED) is 0.770. The van der Waals surface area contributed by atoms with E-state index in [1.165, 1.54) is 6.07 Å². The van der Waals surface area contributed by atoms with Gasteiger partial charge in [-0.3, -0.25) is 0 Å². The third kappa shape index (κ3) is 5.27. The first-order valence-corrected chi connectivity index (χ1v) is 10.9. The lowest BCUT2D eigenvalue weighted by molar-refractivity contribution is 0.550. The molecular formula is C15H24N2O4S2. The van der Waals surface area contributed by atoms with Gasteiger partial charge in [-0.2, -0.15) is 0 Å². The Hall–Kier alpha value is -0.960. The molecule has 0 unspecified atom stereocenters. The van der Waals surface area contributed by atoms with Gasteiger partial charge in [0, 0.05) is 12.6 Å². The van der Waals surface area contributed by atoms with Gasteiger partial charge in [-0.1, -0.05) is 30.5 Å². The maximum atomic E-state index is 12.3. The summed E-state index contributed by atoms with van der Waals surface area (Å²) in [5.41, 5.74) is 1.62. The van der Waals surface area contributed by atoms with Gasteiger partial charge < -0.3 is 0 Å². The minimum atomic E-state index is -3.70. The summed E-state index contributed by atoms with van der Waals surface area (Å²) in [5, 5.41) is 0. The number of hydrogen-bond acceptors (Lipinski definition) is 4. The molecule has 0 radical (unpaired) electrons. The van der Waals surface area contributed by atoms with Crippen LogP contribution < -0.4 is 9.44 Å². The molecular weight excluding hydrogens is 336 g/mol. The van der Waals surface area contributed by atoms with Gasteiger partial charge in [-0.05, 0) is 38.3 Å². The molecule has 1 saturated carbocycles. The van der Waals surface area contributed by atoms with Crippen molar-refractivity contribution in [3.63, 3.8) is 0 Å². The summed E-state index contributed by atoms with van der Waals surface area (Å²) in [7, 11) is -7.16. The van der Waals surface area contributed by atoms with Crippen molar-refractivity contribution in [1.29, 1.82) is 0 Å². The minimum absolute atomic E-state index is 0.00375. The molecule has 0 atom stereocenters. The van der Waals surface area contributed by atoms with E-state index >= 15 is 0 Å². The fourth-order valence-electron chi connectivity index (χ4n) is 2.85. The highest BCUT2D eigenvalue weighted by Gasteiger charge is 2.22. The fraction of sp³-hybridized carbons (Fsp3) is 0.600. The molecule has 0 aliphatic heterocycles. The summed E-state index contributed by atoms with van der Waals surface area (Å²) < 4.78 is 53.5. The topological polar surface area (TPSA) is 92.3 Å². The van der Waals surface area contributed by atoms with Gasteiger partial charge in [0.1, 0.15) is 0 Å². The van der Waals surface area contributed by atoms with Gasteiger partial charge in [0.25, 0.3) is 0 Å². The Morgan fingerprint density at radius 2 is 1.74 bits per heavy atom. The summed E-state index contributed by atoms with van der Waals surface area (Å²) in [6, 6.07) is 5.04. The van der Waals surface area contributed by atoms with Crippen LogP contribution in [0.25, 0.3) is 0 Å².